The number of nitro groups is 1. The Bertz CT molecular complexity index is 451. The first-order valence-electron chi connectivity index (χ1n) is 5.19. The molecule has 0 heterocycles. The van der Waals surface area contributed by atoms with Gasteiger partial charge >= 0.3 is 0 Å². The minimum Gasteiger partial charge on any atom is -0.276 e. The lowest BCUT2D eigenvalue weighted by molar-refractivity contribution is -0.384. The third kappa shape index (κ3) is 4.00. The molecule has 1 aromatic rings. The number of hydrogen-bond acceptors (Lipinski definition) is 3. The van der Waals surface area contributed by atoms with E-state index in [9.17, 15) is 14.9 Å². The molecule has 17 heavy (non-hydrogen) atoms. The summed E-state index contributed by atoms with van der Waals surface area (Å²) in [6, 6.07) is 5.98. The van der Waals surface area contributed by atoms with E-state index in [1.807, 2.05) is 6.92 Å². The van der Waals surface area contributed by atoms with E-state index < -0.39 is 10.2 Å². The molecule has 90 valence electrons. The molecule has 0 unspecified atom stereocenters. The molecule has 0 aromatic heterocycles. The van der Waals surface area contributed by atoms with Crippen LogP contribution in [0.3, 0.4) is 0 Å². The fourth-order valence-electron chi connectivity index (χ4n) is 1.39. The molecule has 1 aromatic carbocycles. The van der Waals surface area contributed by atoms with Crippen LogP contribution in [-0.4, -0.2) is 10.2 Å². The number of carbonyl (C=O) groups is 1. The monoisotopic (exact) mass is 253 g/mol. The maximum absolute atomic E-state index is 11.1. The van der Waals surface area contributed by atoms with Gasteiger partial charge in [-0.2, -0.15) is 0 Å². The maximum atomic E-state index is 11.1. The van der Waals surface area contributed by atoms with Gasteiger partial charge in [0.1, 0.15) is 0 Å². The van der Waals surface area contributed by atoms with Crippen molar-refractivity contribution in [2.75, 3.05) is 0 Å². The summed E-state index contributed by atoms with van der Waals surface area (Å²) in [6.45, 7) is 1.95. The van der Waals surface area contributed by atoms with Crippen LogP contribution < -0.4 is 0 Å². The Balaban J connectivity index is 2.96. The zero-order chi connectivity index (χ0) is 12.8. The highest BCUT2D eigenvalue weighted by Crippen LogP contribution is 2.17. The first-order valence-corrected chi connectivity index (χ1v) is 5.57. The first-order chi connectivity index (χ1) is 8.04. The third-order valence-corrected chi connectivity index (χ3v) is 2.46. The molecule has 0 aliphatic carbocycles. The molecule has 0 N–H and O–H groups in total. The third-order valence-electron chi connectivity index (χ3n) is 2.22. The summed E-state index contributed by atoms with van der Waals surface area (Å²) in [7, 11) is 0. The molecule has 0 radical (unpaired) electrons. The lowest BCUT2D eigenvalue weighted by atomic mass is 10.1. The highest BCUT2D eigenvalue weighted by atomic mass is 35.5. The Labute approximate surface area is 104 Å². The highest BCUT2D eigenvalue weighted by molar-refractivity contribution is 6.68. The summed E-state index contributed by atoms with van der Waals surface area (Å²) in [5.41, 5.74) is 1.27. The molecule has 0 saturated carbocycles. The van der Waals surface area contributed by atoms with Gasteiger partial charge in [-0.1, -0.05) is 13.3 Å². The lowest BCUT2D eigenvalue weighted by Crippen LogP contribution is -1.93. The molecule has 0 saturated heterocycles. The van der Waals surface area contributed by atoms with Gasteiger partial charge < -0.3 is 0 Å². The number of allylic oxidation sites excluding steroid dienone is 1. The summed E-state index contributed by atoms with van der Waals surface area (Å²) in [4.78, 5) is 21.1. The molecule has 4 nitrogen and oxygen atoms in total. The molecule has 0 atom stereocenters. The molecule has 0 spiro atoms. The number of hydrogen-bond donors (Lipinski definition) is 0. The van der Waals surface area contributed by atoms with Crippen molar-refractivity contribution in [2.24, 2.45) is 0 Å². The van der Waals surface area contributed by atoms with Gasteiger partial charge in [0.25, 0.3) is 5.69 Å². The van der Waals surface area contributed by atoms with Crippen LogP contribution in [-0.2, 0) is 4.79 Å². The molecule has 0 fully saturated rings. The van der Waals surface area contributed by atoms with Crippen molar-refractivity contribution in [1.82, 2.24) is 0 Å². The maximum Gasteiger partial charge on any atom is 0.269 e. The van der Waals surface area contributed by atoms with Gasteiger partial charge in [-0.25, -0.2) is 0 Å². The van der Waals surface area contributed by atoms with Gasteiger partial charge in [-0.15, -0.1) is 0 Å². The predicted octanol–water partition coefficient (Wildman–Crippen LogP) is 3.54. The van der Waals surface area contributed by atoms with Gasteiger partial charge in [-0.3, -0.25) is 14.9 Å². The van der Waals surface area contributed by atoms with Crippen LogP contribution in [0.1, 0.15) is 25.3 Å². The number of non-ortho nitro benzene ring substituents is 1. The Hall–Kier alpha value is -1.68. The summed E-state index contributed by atoms with van der Waals surface area (Å²) in [5, 5.41) is 9.98. The van der Waals surface area contributed by atoms with Gasteiger partial charge in [0, 0.05) is 17.7 Å². The second-order valence-corrected chi connectivity index (χ2v) is 3.89. The predicted molar refractivity (Wildman–Crippen MR) is 66.8 cm³/mol. The average molecular weight is 254 g/mol. The van der Waals surface area contributed by atoms with Crippen LogP contribution in [0.2, 0.25) is 0 Å². The molecular formula is C12H12ClNO3. The first kappa shape index (κ1) is 13.4. The lowest BCUT2D eigenvalue weighted by Gasteiger charge is -2.00. The Morgan fingerprint density at radius 1 is 1.41 bits per heavy atom. The van der Waals surface area contributed by atoms with Crippen LogP contribution in [0.15, 0.2) is 29.8 Å². The van der Waals surface area contributed by atoms with Crippen LogP contribution >= 0.6 is 11.6 Å². The molecule has 0 amide bonds. The van der Waals surface area contributed by atoms with E-state index >= 15 is 0 Å². The van der Waals surface area contributed by atoms with E-state index in [0.29, 0.717) is 12.0 Å². The molecular weight excluding hydrogens is 242 g/mol. The Morgan fingerprint density at radius 2 is 2.00 bits per heavy atom. The van der Waals surface area contributed by atoms with Crippen LogP contribution in [0.4, 0.5) is 5.69 Å². The number of nitrogens with zero attached hydrogens (tertiary/aromatic N) is 1. The van der Waals surface area contributed by atoms with E-state index in [0.717, 1.165) is 12.0 Å². The van der Waals surface area contributed by atoms with E-state index in [1.54, 1.807) is 18.2 Å². The second-order valence-electron chi connectivity index (χ2n) is 3.54. The van der Waals surface area contributed by atoms with Crippen molar-refractivity contribution in [2.45, 2.75) is 19.8 Å². The van der Waals surface area contributed by atoms with Crippen LogP contribution in [0, 0.1) is 10.1 Å². The zero-order valence-corrected chi connectivity index (χ0v) is 10.1. The molecule has 0 aliphatic heterocycles. The van der Waals surface area contributed by atoms with Crippen molar-refractivity contribution in [3.63, 3.8) is 0 Å². The van der Waals surface area contributed by atoms with Crippen molar-refractivity contribution in [1.29, 1.82) is 0 Å². The van der Waals surface area contributed by atoms with Crippen LogP contribution in [0.25, 0.3) is 6.08 Å². The van der Waals surface area contributed by atoms with Gasteiger partial charge in [-0.05, 0) is 41.8 Å². The van der Waals surface area contributed by atoms with Gasteiger partial charge in [0.2, 0.25) is 5.24 Å². The minimum atomic E-state index is -0.481. The van der Waals surface area contributed by atoms with Crippen molar-refractivity contribution in [3.8, 4) is 0 Å². The Kier molecular flexibility index (Phi) is 4.84. The van der Waals surface area contributed by atoms with E-state index in [4.69, 9.17) is 11.6 Å². The van der Waals surface area contributed by atoms with E-state index in [2.05, 4.69) is 0 Å². The van der Waals surface area contributed by atoms with Crippen LogP contribution in [0.5, 0.6) is 0 Å². The average Bonchev–Trinajstić information content (AvgIpc) is 2.29. The van der Waals surface area contributed by atoms with E-state index in [-0.39, 0.29) is 5.69 Å². The molecule has 0 bridgehead atoms. The summed E-state index contributed by atoms with van der Waals surface area (Å²) in [5.74, 6) is 0. The minimum absolute atomic E-state index is 0.0244. The van der Waals surface area contributed by atoms with Crippen molar-refractivity contribution < 1.29 is 9.72 Å². The second kappa shape index (κ2) is 6.15. The number of halogens is 1. The SMILES string of the molecule is CCCC(=Cc1ccc([N+](=O)[O-])cc1)C(=O)Cl. The fraction of sp³-hybridized carbons (Fsp3) is 0.250. The molecule has 5 heteroatoms. The molecule has 1 rings (SSSR count). The summed E-state index contributed by atoms with van der Waals surface area (Å²) >= 11 is 5.44. The largest absolute Gasteiger partial charge is 0.276 e. The van der Waals surface area contributed by atoms with E-state index in [1.165, 1.54) is 12.1 Å². The standard InChI is InChI=1S/C12H12ClNO3/c1-2-3-10(12(13)15)8-9-4-6-11(7-5-9)14(16)17/h4-8H,2-3H2,1H3. The van der Waals surface area contributed by atoms with Gasteiger partial charge in [0.05, 0.1) is 4.92 Å². The summed E-state index contributed by atoms with van der Waals surface area (Å²) in [6.07, 6.45) is 3.07. The quantitative estimate of drug-likeness (QED) is 0.349. The highest BCUT2D eigenvalue weighted by Gasteiger charge is 2.06. The smallest absolute Gasteiger partial charge is 0.269 e. The normalized spacial score (nSPS) is 11.3. The Morgan fingerprint density at radius 3 is 2.41 bits per heavy atom. The topological polar surface area (TPSA) is 60.2 Å². The number of nitro benzene ring substituents is 1. The zero-order valence-electron chi connectivity index (χ0n) is 9.35. The molecule has 0 aliphatic rings. The number of carbonyl (C=O) groups excluding carboxylic acids is 1. The van der Waals surface area contributed by atoms with Crippen molar-refractivity contribution >= 4 is 28.6 Å². The van der Waals surface area contributed by atoms with Gasteiger partial charge in [0.15, 0.2) is 0 Å². The summed E-state index contributed by atoms with van der Waals surface area (Å²) < 4.78 is 0. The number of rotatable bonds is 5. The fourth-order valence-corrected chi connectivity index (χ4v) is 1.54. The van der Waals surface area contributed by atoms with Crippen molar-refractivity contribution in [3.05, 3.63) is 45.5 Å². The number of benzene rings is 1.